The Labute approximate surface area is 118 Å². The number of amides is 2. The van der Waals surface area contributed by atoms with Gasteiger partial charge < -0.3 is 19.6 Å². The molecule has 0 aliphatic carbocycles. The summed E-state index contributed by atoms with van der Waals surface area (Å²) in [5.41, 5.74) is 0. The Balaban J connectivity index is 2.80. The summed E-state index contributed by atoms with van der Waals surface area (Å²) < 4.78 is 5.21. The van der Waals surface area contributed by atoms with E-state index < -0.39 is 17.9 Å². The van der Waals surface area contributed by atoms with Crippen molar-refractivity contribution in [2.75, 3.05) is 32.8 Å². The van der Waals surface area contributed by atoms with Crippen LogP contribution in [0.2, 0.25) is 0 Å². The van der Waals surface area contributed by atoms with Crippen LogP contribution in [0, 0.1) is 17.2 Å². The van der Waals surface area contributed by atoms with Crippen molar-refractivity contribution in [1.29, 1.82) is 5.26 Å². The lowest BCUT2D eigenvalue weighted by molar-refractivity contribution is -0.142. The highest BCUT2D eigenvalue weighted by Gasteiger charge is 2.40. The molecule has 0 aromatic rings. The summed E-state index contributed by atoms with van der Waals surface area (Å²) in [6.45, 7) is 5.28. The van der Waals surface area contributed by atoms with Crippen LogP contribution in [-0.4, -0.2) is 65.8 Å². The van der Waals surface area contributed by atoms with E-state index in [1.165, 1.54) is 4.90 Å². The van der Waals surface area contributed by atoms with Crippen molar-refractivity contribution in [3.63, 3.8) is 0 Å². The molecule has 0 aromatic heterocycles. The van der Waals surface area contributed by atoms with Gasteiger partial charge >= 0.3 is 12.0 Å². The molecule has 1 rings (SSSR count). The van der Waals surface area contributed by atoms with Crippen LogP contribution in [0.1, 0.15) is 20.3 Å². The zero-order chi connectivity index (χ0) is 15.1. The number of hydrogen-bond acceptors (Lipinski definition) is 4. The number of carboxylic acid groups (broad SMARTS) is 1. The molecule has 112 valence electrons. The molecule has 0 spiro atoms. The van der Waals surface area contributed by atoms with E-state index in [2.05, 4.69) is 0 Å². The first kappa shape index (κ1) is 16.2. The number of ether oxygens (including phenoxy) is 1. The van der Waals surface area contributed by atoms with Crippen LogP contribution in [0.5, 0.6) is 0 Å². The van der Waals surface area contributed by atoms with E-state index >= 15 is 0 Å². The van der Waals surface area contributed by atoms with Crippen LogP contribution in [0.25, 0.3) is 0 Å². The number of likely N-dealkylation sites (N-methyl/N-ethyl adjacent to an activating group) is 1. The van der Waals surface area contributed by atoms with Gasteiger partial charge in [0.2, 0.25) is 0 Å². The smallest absolute Gasteiger partial charge is 0.320 e. The number of nitrogens with zero attached hydrogens (tertiary/aromatic N) is 3. The van der Waals surface area contributed by atoms with Crippen molar-refractivity contribution in [2.24, 2.45) is 5.92 Å². The quantitative estimate of drug-likeness (QED) is 0.776. The molecule has 1 aliphatic heterocycles. The number of carbonyl (C=O) groups excluding carboxylic acids is 1. The Hall–Kier alpha value is -1.81. The van der Waals surface area contributed by atoms with Crippen LogP contribution in [0.15, 0.2) is 0 Å². The van der Waals surface area contributed by atoms with Crippen molar-refractivity contribution in [1.82, 2.24) is 9.80 Å². The van der Waals surface area contributed by atoms with Crippen LogP contribution in [0.3, 0.4) is 0 Å². The minimum Gasteiger partial charge on any atom is -0.481 e. The summed E-state index contributed by atoms with van der Waals surface area (Å²) in [5, 5.41) is 17.8. The number of hydrogen-bond donors (Lipinski definition) is 1. The van der Waals surface area contributed by atoms with E-state index in [0.29, 0.717) is 19.6 Å². The van der Waals surface area contributed by atoms with Crippen molar-refractivity contribution in [3.05, 3.63) is 0 Å². The second-order valence-corrected chi connectivity index (χ2v) is 4.61. The molecule has 20 heavy (non-hydrogen) atoms. The molecule has 2 unspecified atom stereocenters. The molecule has 1 aliphatic rings. The first-order valence-corrected chi connectivity index (χ1v) is 6.79. The van der Waals surface area contributed by atoms with E-state index in [-0.39, 0.29) is 25.7 Å². The van der Waals surface area contributed by atoms with Gasteiger partial charge in [-0.2, -0.15) is 5.26 Å². The molecule has 1 heterocycles. The molecule has 7 heteroatoms. The molecule has 2 amide bonds. The van der Waals surface area contributed by atoms with Gasteiger partial charge in [-0.15, -0.1) is 0 Å². The zero-order valence-corrected chi connectivity index (χ0v) is 11.9. The second-order valence-electron chi connectivity index (χ2n) is 4.61. The monoisotopic (exact) mass is 283 g/mol. The SMILES string of the molecule is CCN(CCC#N)C(=O)N(CC)C1COCC1C(=O)O. The zero-order valence-electron chi connectivity index (χ0n) is 11.9. The number of nitriles is 1. The summed E-state index contributed by atoms with van der Waals surface area (Å²) in [4.78, 5) is 26.7. The first-order chi connectivity index (χ1) is 9.56. The highest BCUT2D eigenvalue weighted by molar-refractivity contribution is 5.77. The predicted molar refractivity (Wildman–Crippen MR) is 71.0 cm³/mol. The van der Waals surface area contributed by atoms with Gasteiger partial charge in [-0.3, -0.25) is 4.79 Å². The fraction of sp³-hybridized carbons (Fsp3) is 0.769. The average Bonchev–Trinajstić information content (AvgIpc) is 2.90. The molecular weight excluding hydrogens is 262 g/mol. The molecule has 1 N–H and O–H groups in total. The van der Waals surface area contributed by atoms with E-state index in [1.54, 1.807) is 4.90 Å². The number of carboxylic acids is 1. The van der Waals surface area contributed by atoms with Gasteiger partial charge in [-0.25, -0.2) is 4.79 Å². The van der Waals surface area contributed by atoms with Gasteiger partial charge in [0.15, 0.2) is 0 Å². The highest BCUT2D eigenvalue weighted by Crippen LogP contribution is 2.21. The fourth-order valence-electron chi connectivity index (χ4n) is 2.35. The molecule has 1 fully saturated rings. The Morgan fingerprint density at radius 1 is 1.35 bits per heavy atom. The summed E-state index contributed by atoms with van der Waals surface area (Å²) in [6.07, 6.45) is 0.265. The molecule has 1 saturated heterocycles. The topological polar surface area (TPSA) is 93.9 Å². The maximum atomic E-state index is 12.5. The number of urea groups is 1. The van der Waals surface area contributed by atoms with E-state index in [0.717, 1.165) is 0 Å². The van der Waals surface area contributed by atoms with Gasteiger partial charge in [0.1, 0.15) is 5.92 Å². The molecule has 0 aromatic carbocycles. The third-order valence-corrected chi connectivity index (χ3v) is 3.50. The Morgan fingerprint density at radius 2 is 2.05 bits per heavy atom. The minimum atomic E-state index is -0.946. The maximum absolute atomic E-state index is 12.5. The Kier molecular flexibility index (Phi) is 6.25. The average molecular weight is 283 g/mol. The van der Waals surface area contributed by atoms with Crippen LogP contribution >= 0.6 is 0 Å². The second kappa shape index (κ2) is 7.70. The summed E-state index contributed by atoms with van der Waals surface area (Å²) in [7, 11) is 0. The summed E-state index contributed by atoms with van der Waals surface area (Å²) in [5.74, 6) is -1.63. The summed E-state index contributed by atoms with van der Waals surface area (Å²) >= 11 is 0. The van der Waals surface area contributed by atoms with Gasteiger partial charge in [0.05, 0.1) is 31.7 Å². The molecular formula is C13H21N3O4. The largest absolute Gasteiger partial charge is 0.481 e. The minimum absolute atomic E-state index is 0.133. The summed E-state index contributed by atoms with van der Waals surface area (Å²) in [6, 6.07) is 1.34. The van der Waals surface area contributed by atoms with Gasteiger partial charge in [-0.05, 0) is 13.8 Å². The van der Waals surface area contributed by atoms with Crippen LogP contribution < -0.4 is 0 Å². The lowest BCUT2D eigenvalue weighted by atomic mass is 10.0. The van der Waals surface area contributed by atoms with Crippen molar-refractivity contribution in [3.8, 4) is 6.07 Å². The van der Waals surface area contributed by atoms with E-state index in [1.807, 2.05) is 19.9 Å². The highest BCUT2D eigenvalue weighted by atomic mass is 16.5. The Bertz CT molecular complexity index is 394. The maximum Gasteiger partial charge on any atom is 0.320 e. The molecule has 7 nitrogen and oxygen atoms in total. The normalized spacial score (nSPS) is 21.2. The van der Waals surface area contributed by atoms with Crippen LogP contribution in [-0.2, 0) is 9.53 Å². The third-order valence-electron chi connectivity index (χ3n) is 3.50. The first-order valence-electron chi connectivity index (χ1n) is 6.79. The lowest BCUT2D eigenvalue weighted by Gasteiger charge is -2.34. The standard InChI is InChI=1S/C13H21N3O4/c1-3-15(7-5-6-14)13(19)16(4-2)11-9-20-8-10(11)12(17)18/h10-11H,3-5,7-9H2,1-2H3,(H,17,18). The van der Waals surface area contributed by atoms with Crippen molar-refractivity contribution < 1.29 is 19.4 Å². The molecule has 2 atom stereocenters. The molecule has 0 saturated carbocycles. The fourth-order valence-corrected chi connectivity index (χ4v) is 2.35. The predicted octanol–water partition coefficient (Wildman–Crippen LogP) is 0.763. The van der Waals surface area contributed by atoms with E-state index in [4.69, 9.17) is 10.00 Å². The molecule has 0 radical (unpaired) electrons. The number of aliphatic carboxylic acids is 1. The lowest BCUT2D eigenvalue weighted by Crippen LogP contribution is -2.52. The Morgan fingerprint density at radius 3 is 2.55 bits per heavy atom. The molecule has 0 bridgehead atoms. The number of carbonyl (C=O) groups is 2. The number of rotatable bonds is 6. The van der Waals surface area contributed by atoms with Crippen LogP contribution in [0.4, 0.5) is 4.79 Å². The third kappa shape index (κ3) is 3.61. The van der Waals surface area contributed by atoms with Crippen molar-refractivity contribution >= 4 is 12.0 Å². The van der Waals surface area contributed by atoms with Gasteiger partial charge in [0, 0.05) is 19.6 Å². The van der Waals surface area contributed by atoms with E-state index in [9.17, 15) is 14.7 Å². The van der Waals surface area contributed by atoms with Crippen molar-refractivity contribution in [2.45, 2.75) is 26.3 Å². The van der Waals surface area contributed by atoms with Gasteiger partial charge in [-0.1, -0.05) is 0 Å². The van der Waals surface area contributed by atoms with Gasteiger partial charge in [0.25, 0.3) is 0 Å².